The lowest BCUT2D eigenvalue weighted by molar-refractivity contribution is 0.128. The number of benzene rings is 1. The van der Waals surface area contributed by atoms with Crippen molar-refractivity contribution in [2.24, 2.45) is 0 Å². The summed E-state index contributed by atoms with van der Waals surface area (Å²) in [7, 11) is 1.57. The minimum Gasteiger partial charge on any atom is -0.497 e. The lowest BCUT2D eigenvalue weighted by Crippen LogP contribution is -2.43. The molecule has 1 unspecified atom stereocenters. The minimum absolute atomic E-state index is 0.652. The third-order valence-corrected chi connectivity index (χ3v) is 3.11. The molecule has 0 radical (unpaired) electrons. The molecule has 1 aromatic rings. The summed E-state index contributed by atoms with van der Waals surface area (Å²) < 4.78 is 5.19. The van der Waals surface area contributed by atoms with Crippen molar-refractivity contribution in [1.82, 2.24) is 4.90 Å². The van der Waals surface area contributed by atoms with E-state index in [1.807, 2.05) is 37.3 Å². The molecule has 0 fully saturated rings. The zero-order valence-corrected chi connectivity index (χ0v) is 10.3. The van der Waals surface area contributed by atoms with Gasteiger partial charge in [-0.05, 0) is 24.6 Å². The van der Waals surface area contributed by atoms with E-state index in [4.69, 9.17) is 4.74 Å². The average molecular weight is 245 g/mol. The van der Waals surface area contributed by atoms with Crippen LogP contribution in [0.2, 0.25) is 0 Å². The highest BCUT2D eigenvalue weighted by molar-refractivity contribution is 5.69. The number of carbonyl (C=O) groups is 1. The van der Waals surface area contributed by atoms with Crippen LogP contribution >= 0.6 is 0 Å². The molecule has 94 valence electrons. The Morgan fingerprint density at radius 1 is 1.33 bits per heavy atom. The van der Waals surface area contributed by atoms with Crippen LogP contribution in [-0.4, -0.2) is 23.2 Å². The Morgan fingerprint density at radius 3 is 2.56 bits per heavy atom. The van der Waals surface area contributed by atoms with Crippen LogP contribution in [-0.2, 0) is 10.3 Å². The lowest BCUT2D eigenvalue weighted by atomic mass is 9.88. The van der Waals surface area contributed by atoms with Gasteiger partial charge >= 0.3 is 6.09 Å². The molecule has 1 aliphatic heterocycles. The molecule has 18 heavy (non-hydrogen) atoms. The smallest absolute Gasteiger partial charge is 0.412 e. The van der Waals surface area contributed by atoms with Gasteiger partial charge in [-0.25, -0.2) is 4.79 Å². The van der Waals surface area contributed by atoms with E-state index in [0.717, 1.165) is 5.56 Å². The van der Waals surface area contributed by atoms with Gasteiger partial charge in [0.25, 0.3) is 0 Å². The summed E-state index contributed by atoms with van der Waals surface area (Å²) in [5.74, 6) is 0.652. The fourth-order valence-electron chi connectivity index (χ4n) is 2.08. The van der Waals surface area contributed by atoms with Crippen LogP contribution in [0.25, 0.3) is 0 Å². The van der Waals surface area contributed by atoms with Gasteiger partial charge in [-0.1, -0.05) is 30.3 Å². The maximum atomic E-state index is 11.3. The van der Waals surface area contributed by atoms with Gasteiger partial charge in [0, 0.05) is 6.20 Å². The van der Waals surface area contributed by atoms with Gasteiger partial charge in [0.2, 0.25) is 0 Å². The molecule has 0 aromatic heterocycles. The molecule has 1 amide bonds. The summed E-state index contributed by atoms with van der Waals surface area (Å²) in [6.07, 6.45) is 3.97. The molecule has 1 atom stereocenters. The Kier molecular flexibility index (Phi) is 3.10. The summed E-state index contributed by atoms with van der Waals surface area (Å²) in [5, 5.41) is 9.30. The van der Waals surface area contributed by atoms with Crippen LogP contribution in [0.3, 0.4) is 0 Å². The molecule has 0 bridgehead atoms. The highest BCUT2D eigenvalue weighted by atomic mass is 16.5. The van der Waals surface area contributed by atoms with Crippen molar-refractivity contribution >= 4 is 6.09 Å². The third kappa shape index (κ3) is 1.97. The van der Waals surface area contributed by atoms with Crippen LogP contribution in [0.1, 0.15) is 12.5 Å². The van der Waals surface area contributed by atoms with Crippen molar-refractivity contribution in [3.8, 4) is 0 Å². The van der Waals surface area contributed by atoms with Gasteiger partial charge in [0.15, 0.2) is 0 Å². The number of carboxylic acid groups (broad SMARTS) is 1. The number of hydrogen-bond donors (Lipinski definition) is 1. The molecule has 0 aliphatic carbocycles. The molecule has 1 N–H and O–H groups in total. The average Bonchev–Trinajstić information content (AvgIpc) is 2.39. The van der Waals surface area contributed by atoms with Crippen molar-refractivity contribution in [2.45, 2.75) is 12.5 Å². The van der Waals surface area contributed by atoms with Gasteiger partial charge in [0.05, 0.1) is 12.6 Å². The van der Waals surface area contributed by atoms with Crippen molar-refractivity contribution in [3.05, 3.63) is 60.0 Å². The number of ether oxygens (including phenoxy) is 1. The summed E-state index contributed by atoms with van der Waals surface area (Å²) in [4.78, 5) is 12.6. The van der Waals surface area contributed by atoms with E-state index in [0.29, 0.717) is 5.76 Å². The fraction of sp³-hybridized carbons (Fsp3) is 0.214. The predicted molar refractivity (Wildman–Crippen MR) is 67.9 cm³/mol. The molecule has 0 saturated carbocycles. The molecule has 0 saturated heterocycles. The lowest BCUT2D eigenvalue weighted by Gasteiger charge is -2.37. The highest BCUT2D eigenvalue weighted by Crippen LogP contribution is 2.34. The SMILES string of the molecule is COC1=CC(C)(c2ccccc2)N(C(=O)O)C=C1. The minimum atomic E-state index is -0.996. The first kappa shape index (κ1) is 12.2. The first-order valence-electron chi connectivity index (χ1n) is 5.61. The summed E-state index contributed by atoms with van der Waals surface area (Å²) >= 11 is 0. The number of amides is 1. The van der Waals surface area contributed by atoms with E-state index < -0.39 is 11.6 Å². The Balaban J connectivity index is 2.52. The Labute approximate surface area is 106 Å². The van der Waals surface area contributed by atoms with Crippen molar-refractivity contribution in [3.63, 3.8) is 0 Å². The number of rotatable bonds is 2. The molecular formula is C14H15NO3. The number of methoxy groups -OCH3 is 1. The van der Waals surface area contributed by atoms with Gasteiger partial charge < -0.3 is 9.84 Å². The second-order valence-electron chi connectivity index (χ2n) is 4.23. The van der Waals surface area contributed by atoms with Crippen LogP contribution in [0.15, 0.2) is 54.4 Å². The van der Waals surface area contributed by atoms with E-state index >= 15 is 0 Å². The third-order valence-electron chi connectivity index (χ3n) is 3.11. The second-order valence-corrected chi connectivity index (χ2v) is 4.23. The Hall–Kier alpha value is -2.23. The molecule has 4 heteroatoms. The second kappa shape index (κ2) is 4.56. The van der Waals surface area contributed by atoms with E-state index in [9.17, 15) is 9.90 Å². The van der Waals surface area contributed by atoms with E-state index in [2.05, 4.69) is 0 Å². The Morgan fingerprint density at radius 2 is 2.00 bits per heavy atom. The summed E-state index contributed by atoms with van der Waals surface area (Å²) in [6, 6.07) is 9.48. The maximum absolute atomic E-state index is 11.3. The molecule has 4 nitrogen and oxygen atoms in total. The number of nitrogens with zero attached hydrogens (tertiary/aromatic N) is 1. The van der Waals surface area contributed by atoms with Gasteiger partial charge in [-0.3, -0.25) is 4.90 Å². The molecule has 2 rings (SSSR count). The van der Waals surface area contributed by atoms with Crippen LogP contribution in [0.4, 0.5) is 4.79 Å². The standard InChI is InChI=1S/C14H15NO3/c1-14(11-6-4-3-5-7-11)10-12(18-2)8-9-15(14)13(16)17/h3-10H,1-2H3,(H,16,17). The van der Waals surface area contributed by atoms with Crippen LogP contribution in [0.5, 0.6) is 0 Å². The largest absolute Gasteiger partial charge is 0.497 e. The molecular weight excluding hydrogens is 230 g/mol. The zero-order valence-electron chi connectivity index (χ0n) is 10.3. The van der Waals surface area contributed by atoms with Gasteiger partial charge in [-0.2, -0.15) is 0 Å². The monoisotopic (exact) mass is 245 g/mol. The Bertz CT molecular complexity index is 507. The summed E-state index contributed by atoms with van der Waals surface area (Å²) in [6.45, 7) is 1.85. The maximum Gasteiger partial charge on any atom is 0.412 e. The molecule has 1 heterocycles. The normalized spacial score (nSPS) is 22.6. The van der Waals surface area contributed by atoms with Gasteiger partial charge in [0.1, 0.15) is 5.76 Å². The van der Waals surface area contributed by atoms with Crippen molar-refractivity contribution in [2.75, 3.05) is 7.11 Å². The molecule has 0 spiro atoms. The first-order valence-corrected chi connectivity index (χ1v) is 5.61. The van der Waals surface area contributed by atoms with E-state index in [-0.39, 0.29) is 0 Å². The fourth-order valence-corrected chi connectivity index (χ4v) is 2.08. The predicted octanol–water partition coefficient (Wildman–Crippen LogP) is 2.94. The number of allylic oxidation sites excluding steroid dienone is 1. The quantitative estimate of drug-likeness (QED) is 0.871. The van der Waals surface area contributed by atoms with Crippen molar-refractivity contribution in [1.29, 1.82) is 0 Å². The summed E-state index contributed by atoms with van der Waals surface area (Å²) in [5.41, 5.74) is 0.138. The topological polar surface area (TPSA) is 49.8 Å². The van der Waals surface area contributed by atoms with E-state index in [1.165, 1.54) is 11.1 Å². The zero-order chi connectivity index (χ0) is 13.2. The van der Waals surface area contributed by atoms with Gasteiger partial charge in [-0.15, -0.1) is 0 Å². The molecule has 1 aromatic carbocycles. The molecule has 1 aliphatic rings. The van der Waals surface area contributed by atoms with Crippen LogP contribution < -0.4 is 0 Å². The first-order chi connectivity index (χ1) is 8.58. The highest BCUT2D eigenvalue weighted by Gasteiger charge is 2.36. The number of hydrogen-bond acceptors (Lipinski definition) is 2. The van der Waals surface area contributed by atoms with Crippen LogP contribution in [0, 0.1) is 0 Å². The van der Waals surface area contributed by atoms with Crippen molar-refractivity contribution < 1.29 is 14.6 Å². The van der Waals surface area contributed by atoms with E-state index in [1.54, 1.807) is 19.3 Å².